The zero-order chi connectivity index (χ0) is 21.3. The maximum absolute atomic E-state index is 12.9. The Balaban J connectivity index is 1.53. The van der Waals surface area contributed by atoms with Crippen LogP contribution in [0, 0.1) is 6.92 Å². The number of carbonyl (C=O) groups excluding carboxylic acids is 1. The van der Waals surface area contributed by atoms with Crippen molar-refractivity contribution in [2.24, 2.45) is 0 Å². The highest BCUT2D eigenvalue weighted by atomic mass is 16.5. The Labute approximate surface area is 175 Å². The van der Waals surface area contributed by atoms with E-state index in [0.717, 1.165) is 30.2 Å². The molecule has 0 radical (unpaired) electrons. The summed E-state index contributed by atoms with van der Waals surface area (Å²) in [7, 11) is 0. The number of carbonyl (C=O) groups is 1. The average Bonchev–Trinajstić information content (AvgIpc) is 3.06. The highest BCUT2D eigenvalue weighted by molar-refractivity contribution is 6.05. The second kappa shape index (κ2) is 8.27. The van der Waals surface area contributed by atoms with Crippen molar-refractivity contribution in [1.82, 2.24) is 24.9 Å². The van der Waals surface area contributed by atoms with Gasteiger partial charge >= 0.3 is 0 Å². The molecule has 0 spiro atoms. The molecule has 0 unspecified atom stereocenters. The number of amides is 1. The molecule has 2 atom stereocenters. The third kappa shape index (κ3) is 4.20. The zero-order valence-electron chi connectivity index (χ0n) is 17.7. The third-order valence-electron chi connectivity index (χ3n) is 4.99. The minimum absolute atomic E-state index is 0.307. The van der Waals surface area contributed by atoms with Crippen molar-refractivity contribution in [1.29, 1.82) is 0 Å². The SMILES string of the molecule is CCOc1cc2nc(C)cn2cc1C(=O)Nc1ccc(N2C[C@@H](C)N[C@@H](C)C2)nn1. The molecule has 1 saturated heterocycles. The van der Waals surface area contributed by atoms with Gasteiger partial charge in [-0.2, -0.15) is 0 Å². The monoisotopic (exact) mass is 409 g/mol. The molecule has 3 aromatic rings. The Hall–Kier alpha value is -3.20. The topological polar surface area (TPSA) is 96.7 Å². The first-order valence-corrected chi connectivity index (χ1v) is 10.2. The number of rotatable bonds is 5. The number of aryl methyl sites for hydroxylation is 1. The van der Waals surface area contributed by atoms with Crippen LogP contribution in [0.15, 0.2) is 30.6 Å². The molecule has 3 aromatic heterocycles. The summed E-state index contributed by atoms with van der Waals surface area (Å²) in [6.45, 7) is 10.3. The van der Waals surface area contributed by atoms with Gasteiger partial charge in [-0.3, -0.25) is 4.79 Å². The number of fused-ring (bicyclic) bond motifs is 1. The third-order valence-corrected chi connectivity index (χ3v) is 4.99. The lowest BCUT2D eigenvalue weighted by molar-refractivity contribution is 0.102. The quantitative estimate of drug-likeness (QED) is 0.667. The Kier molecular flexibility index (Phi) is 5.54. The first-order valence-electron chi connectivity index (χ1n) is 10.2. The summed E-state index contributed by atoms with van der Waals surface area (Å²) in [6.07, 6.45) is 3.59. The maximum atomic E-state index is 12.9. The van der Waals surface area contributed by atoms with Crippen LogP contribution in [0.1, 0.15) is 36.8 Å². The van der Waals surface area contributed by atoms with Crippen LogP contribution in [0.3, 0.4) is 0 Å². The molecule has 30 heavy (non-hydrogen) atoms. The highest BCUT2D eigenvalue weighted by Crippen LogP contribution is 2.23. The van der Waals surface area contributed by atoms with Crippen LogP contribution in [0.25, 0.3) is 5.65 Å². The summed E-state index contributed by atoms with van der Waals surface area (Å²) < 4.78 is 7.48. The van der Waals surface area contributed by atoms with Crippen LogP contribution in [0.5, 0.6) is 5.75 Å². The van der Waals surface area contributed by atoms with Crippen molar-refractivity contribution in [3.05, 3.63) is 41.9 Å². The van der Waals surface area contributed by atoms with Crippen LogP contribution < -0.4 is 20.3 Å². The lowest BCUT2D eigenvalue weighted by Crippen LogP contribution is -2.54. The van der Waals surface area contributed by atoms with Crippen molar-refractivity contribution in [2.45, 2.75) is 39.8 Å². The molecule has 2 N–H and O–H groups in total. The summed E-state index contributed by atoms with van der Waals surface area (Å²) in [5.41, 5.74) is 2.02. The standard InChI is InChI=1S/C21H27N7O2/c1-5-30-17-8-20-23-15(4)11-28(20)12-16(17)21(29)24-18-6-7-19(26-25-18)27-9-13(2)22-14(3)10-27/h6-8,11-14,22H,5,9-10H2,1-4H3,(H,24,25,29)/t13-,14+. The number of hydrogen-bond donors (Lipinski definition) is 2. The van der Waals surface area contributed by atoms with E-state index >= 15 is 0 Å². The van der Waals surface area contributed by atoms with E-state index in [1.54, 1.807) is 18.3 Å². The predicted octanol–water partition coefficient (Wildman–Crippen LogP) is 2.27. The molecule has 0 saturated carbocycles. The molecule has 1 fully saturated rings. The number of imidazole rings is 1. The smallest absolute Gasteiger partial charge is 0.262 e. The summed E-state index contributed by atoms with van der Waals surface area (Å²) in [5.74, 6) is 1.38. The second-order valence-electron chi connectivity index (χ2n) is 7.74. The van der Waals surface area contributed by atoms with E-state index in [-0.39, 0.29) is 5.91 Å². The van der Waals surface area contributed by atoms with Crippen LogP contribution in [-0.4, -0.2) is 57.3 Å². The Bertz CT molecular complexity index is 1040. The van der Waals surface area contributed by atoms with Crippen LogP contribution >= 0.6 is 0 Å². The van der Waals surface area contributed by atoms with Gasteiger partial charge in [0.1, 0.15) is 11.4 Å². The van der Waals surface area contributed by atoms with Gasteiger partial charge in [0.25, 0.3) is 5.91 Å². The predicted molar refractivity (Wildman–Crippen MR) is 115 cm³/mol. The highest BCUT2D eigenvalue weighted by Gasteiger charge is 2.22. The Morgan fingerprint density at radius 2 is 2.00 bits per heavy atom. The van der Waals surface area contributed by atoms with E-state index in [1.807, 2.05) is 30.5 Å². The van der Waals surface area contributed by atoms with Gasteiger partial charge in [0.05, 0.1) is 17.9 Å². The number of nitrogens with zero attached hydrogens (tertiary/aromatic N) is 5. The van der Waals surface area contributed by atoms with Crippen molar-refractivity contribution in [3.8, 4) is 5.75 Å². The normalized spacial score (nSPS) is 19.1. The molecular weight excluding hydrogens is 382 g/mol. The molecule has 1 aliphatic heterocycles. The van der Waals surface area contributed by atoms with Gasteiger partial charge in [-0.15, -0.1) is 10.2 Å². The minimum atomic E-state index is -0.307. The molecule has 0 aromatic carbocycles. The largest absolute Gasteiger partial charge is 0.493 e. The molecule has 4 rings (SSSR count). The van der Waals surface area contributed by atoms with E-state index in [2.05, 4.69) is 44.6 Å². The van der Waals surface area contributed by atoms with Gasteiger partial charge in [-0.25, -0.2) is 4.98 Å². The molecule has 1 aliphatic rings. The van der Waals surface area contributed by atoms with Gasteiger partial charge in [0, 0.05) is 43.6 Å². The number of aromatic nitrogens is 4. The fourth-order valence-electron chi connectivity index (χ4n) is 3.85. The number of pyridine rings is 1. The van der Waals surface area contributed by atoms with Crippen molar-refractivity contribution in [3.63, 3.8) is 0 Å². The van der Waals surface area contributed by atoms with Crippen molar-refractivity contribution >= 4 is 23.2 Å². The number of hydrogen-bond acceptors (Lipinski definition) is 7. The summed E-state index contributed by atoms with van der Waals surface area (Å²) in [5, 5.41) is 14.8. The van der Waals surface area contributed by atoms with E-state index < -0.39 is 0 Å². The van der Waals surface area contributed by atoms with Crippen LogP contribution in [0.2, 0.25) is 0 Å². The summed E-state index contributed by atoms with van der Waals surface area (Å²) in [4.78, 5) is 19.5. The first kappa shape index (κ1) is 20.1. The number of piperazine rings is 1. The summed E-state index contributed by atoms with van der Waals surface area (Å²) in [6, 6.07) is 6.20. The van der Waals surface area contributed by atoms with E-state index in [9.17, 15) is 4.79 Å². The molecule has 9 nitrogen and oxygen atoms in total. The van der Waals surface area contributed by atoms with E-state index in [4.69, 9.17) is 4.74 Å². The van der Waals surface area contributed by atoms with Crippen molar-refractivity contribution < 1.29 is 9.53 Å². The first-order chi connectivity index (χ1) is 14.4. The zero-order valence-corrected chi connectivity index (χ0v) is 17.7. The van der Waals surface area contributed by atoms with Gasteiger partial charge in [-0.05, 0) is 39.8 Å². The maximum Gasteiger partial charge on any atom is 0.262 e. The van der Waals surface area contributed by atoms with Crippen LogP contribution in [0.4, 0.5) is 11.6 Å². The fourth-order valence-corrected chi connectivity index (χ4v) is 3.85. The minimum Gasteiger partial charge on any atom is -0.493 e. The molecule has 0 bridgehead atoms. The van der Waals surface area contributed by atoms with Gasteiger partial charge in [-0.1, -0.05) is 0 Å². The second-order valence-corrected chi connectivity index (χ2v) is 7.74. The molecular formula is C21H27N7O2. The molecule has 9 heteroatoms. The van der Waals surface area contributed by atoms with Crippen LogP contribution in [-0.2, 0) is 0 Å². The van der Waals surface area contributed by atoms with Gasteiger partial charge in [0.15, 0.2) is 11.6 Å². The summed E-state index contributed by atoms with van der Waals surface area (Å²) >= 11 is 0. The lowest BCUT2D eigenvalue weighted by Gasteiger charge is -2.36. The van der Waals surface area contributed by atoms with E-state index in [1.165, 1.54) is 0 Å². The van der Waals surface area contributed by atoms with Crippen molar-refractivity contribution in [2.75, 3.05) is 29.9 Å². The Morgan fingerprint density at radius 1 is 1.23 bits per heavy atom. The lowest BCUT2D eigenvalue weighted by atomic mass is 10.1. The average molecular weight is 409 g/mol. The number of ether oxygens (including phenoxy) is 1. The molecule has 4 heterocycles. The Morgan fingerprint density at radius 3 is 2.67 bits per heavy atom. The van der Waals surface area contributed by atoms with E-state index in [0.29, 0.717) is 35.8 Å². The van der Waals surface area contributed by atoms with Gasteiger partial charge in [0.2, 0.25) is 0 Å². The molecule has 158 valence electrons. The fraction of sp³-hybridized carbons (Fsp3) is 0.429. The molecule has 1 amide bonds. The van der Waals surface area contributed by atoms with Gasteiger partial charge < -0.3 is 24.7 Å². The number of nitrogens with one attached hydrogen (secondary N) is 2. The molecule has 0 aliphatic carbocycles. The number of anilines is 2.